The van der Waals surface area contributed by atoms with Crippen molar-refractivity contribution in [3.8, 4) is 5.75 Å². The van der Waals surface area contributed by atoms with Crippen LogP contribution in [-0.4, -0.2) is 47.4 Å². The van der Waals surface area contributed by atoms with Gasteiger partial charge in [0.05, 0.1) is 10.8 Å². The fourth-order valence-electron chi connectivity index (χ4n) is 1.85. The van der Waals surface area contributed by atoms with Gasteiger partial charge >= 0.3 is 5.69 Å². The first-order chi connectivity index (χ1) is 9.77. The summed E-state index contributed by atoms with van der Waals surface area (Å²) in [5, 5.41) is 22.6. The van der Waals surface area contributed by atoms with Gasteiger partial charge in [-0.3, -0.25) is 19.7 Å². The number of hydrogen-bond acceptors (Lipinski definition) is 5. The number of nitro benzene ring substituents is 1. The molecule has 1 unspecified atom stereocenters. The van der Waals surface area contributed by atoms with Crippen LogP contribution in [0.3, 0.4) is 0 Å². The van der Waals surface area contributed by atoms with Crippen molar-refractivity contribution in [2.75, 3.05) is 20.6 Å². The van der Waals surface area contributed by atoms with Crippen LogP contribution < -0.4 is 5.32 Å². The van der Waals surface area contributed by atoms with Crippen LogP contribution in [0, 0.1) is 16.0 Å². The Morgan fingerprint density at radius 1 is 1.48 bits per heavy atom. The Kier molecular flexibility index (Phi) is 5.23. The number of rotatable bonds is 5. The van der Waals surface area contributed by atoms with E-state index < -0.39 is 28.2 Å². The highest BCUT2D eigenvalue weighted by atomic mass is 16.6. The lowest BCUT2D eigenvalue weighted by Gasteiger charge is -2.20. The molecule has 8 heteroatoms. The lowest BCUT2D eigenvalue weighted by molar-refractivity contribution is -0.385. The zero-order chi connectivity index (χ0) is 16.2. The van der Waals surface area contributed by atoms with E-state index >= 15 is 0 Å². The lowest BCUT2D eigenvalue weighted by atomic mass is 10.1. The van der Waals surface area contributed by atoms with Gasteiger partial charge in [-0.15, -0.1) is 0 Å². The molecule has 8 nitrogen and oxygen atoms in total. The minimum absolute atomic E-state index is 0.115. The van der Waals surface area contributed by atoms with Gasteiger partial charge in [-0.1, -0.05) is 6.92 Å². The first kappa shape index (κ1) is 16.4. The van der Waals surface area contributed by atoms with Gasteiger partial charge in [-0.25, -0.2) is 0 Å². The maximum Gasteiger partial charge on any atom is 0.310 e. The third kappa shape index (κ3) is 3.91. The van der Waals surface area contributed by atoms with Gasteiger partial charge in [0.1, 0.15) is 0 Å². The molecule has 0 aliphatic rings. The fraction of sp³-hybridized carbons (Fsp3) is 0.385. The van der Waals surface area contributed by atoms with Crippen LogP contribution in [0.1, 0.15) is 17.3 Å². The Bertz CT molecular complexity index is 573. The van der Waals surface area contributed by atoms with Crippen LogP contribution in [0.15, 0.2) is 18.2 Å². The lowest BCUT2D eigenvalue weighted by Crippen LogP contribution is -2.37. The maximum absolute atomic E-state index is 12.1. The molecule has 1 rings (SSSR count). The summed E-state index contributed by atoms with van der Waals surface area (Å²) in [5.41, 5.74) is -0.349. The molecule has 0 radical (unpaired) electrons. The van der Waals surface area contributed by atoms with Gasteiger partial charge in [-0.2, -0.15) is 0 Å². The van der Waals surface area contributed by atoms with E-state index in [9.17, 15) is 24.8 Å². The first-order valence-electron chi connectivity index (χ1n) is 6.22. The molecule has 0 aromatic heterocycles. The van der Waals surface area contributed by atoms with Crippen LogP contribution >= 0.6 is 0 Å². The van der Waals surface area contributed by atoms with E-state index in [1.54, 1.807) is 6.92 Å². The fourth-order valence-corrected chi connectivity index (χ4v) is 1.85. The van der Waals surface area contributed by atoms with E-state index in [-0.39, 0.29) is 18.0 Å². The molecule has 0 saturated heterocycles. The number of carbonyl (C=O) groups excluding carboxylic acids is 2. The van der Waals surface area contributed by atoms with Gasteiger partial charge in [0.2, 0.25) is 5.91 Å². The number of hydrogen-bond donors (Lipinski definition) is 2. The molecule has 21 heavy (non-hydrogen) atoms. The molecule has 114 valence electrons. The smallest absolute Gasteiger partial charge is 0.310 e. The molecule has 1 aromatic rings. The Labute approximate surface area is 121 Å². The van der Waals surface area contributed by atoms with E-state index in [0.29, 0.717) is 0 Å². The van der Waals surface area contributed by atoms with Gasteiger partial charge in [0.15, 0.2) is 5.75 Å². The number of phenolic OH excluding ortho intramolecular Hbond substituents is 1. The Hall–Kier alpha value is -2.64. The van der Waals surface area contributed by atoms with E-state index in [2.05, 4.69) is 5.32 Å². The molecule has 0 aliphatic heterocycles. The number of nitro groups is 1. The molecule has 0 fully saturated rings. The zero-order valence-electron chi connectivity index (χ0n) is 12.0. The summed E-state index contributed by atoms with van der Waals surface area (Å²) in [6.07, 6.45) is 0. The van der Waals surface area contributed by atoms with E-state index in [1.807, 2.05) is 0 Å². The van der Waals surface area contributed by atoms with Crippen LogP contribution in [-0.2, 0) is 4.79 Å². The third-order valence-electron chi connectivity index (χ3n) is 3.01. The van der Waals surface area contributed by atoms with Crippen molar-refractivity contribution in [2.45, 2.75) is 6.92 Å². The normalized spacial score (nSPS) is 11.6. The van der Waals surface area contributed by atoms with Crippen molar-refractivity contribution in [3.05, 3.63) is 33.9 Å². The number of benzene rings is 1. The quantitative estimate of drug-likeness (QED) is 0.615. The van der Waals surface area contributed by atoms with Crippen LogP contribution in [0.25, 0.3) is 0 Å². The van der Waals surface area contributed by atoms with Crippen molar-refractivity contribution in [2.24, 2.45) is 5.92 Å². The number of phenols is 1. The van der Waals surface area contributed by atoms with E-state index in [4.69, 9.17) is 0 Å². The second kappa shape index (κ2) is 6.69. The minimum Gasteiger partial charge on any atom is -0.502 e. The van der Waals surface area contributed by atoms with Crippen LogP contribution in [0.4, 0.5) is 5.69 Å². The van der Waals surface area contributed by atoms with E-state index in [0.717, 1.165) is 12.1 Å². The Morgan fingerprint density at radius 3 is 2.57 bits per heavy atom. The summed E-state index contributed by atoms with van der Waals surface area (Å²) in [4.78, 5) is 34.7. The van der Waals surface area contributed by atoms with Crippen molar-refractivity contribution in [1.29, 1.82) is 0 Å². The molecular weight excluding hydrogens is 278 g/mol. The molecule has 0 aliphatic carbocycles. The number of aromatic hydroxyl groups is 1. The van der Waals surface area contributed by atoms with Crippen molar-refractivity contribution < 1.29 is 19.6 Å². The summed E-state index contributed by atoms with van der Waals surface area (Å²) >= 11 is 0. The van der Waals surface area contributed by atoms with Gasteiger partial charge < -0.3 is 15.3 Å². The maximum atomic E-state index is 12.1. The zero-order valence-corrected chi connectivity index (χ0v) is 12.0. The predicted octanol–water partition coefficient (Wildman–Crippen LogP) is 0.754. The average molecular weight is 295 g/mol. The van der Waals surface area contributed by atoms with E-state index in [1.165, 1.54) is 25.1 Å². The largest absolute Gasteiger partial charge is 0.502 e. The molecule has 2 N–H and O–H groups in total. The summed E-state index contributed by atoms with van der Waals surface area (Å²) in [5.74, 6) is -1.59. The molecule has 1 aromatic carbocycles. The molecule has 0 spiro atoms. The molecule has 2 amide bonds. The van der Waals surface area contributed by atoms with Gasteiger partial charge in [0, 0.05) is 32.3 Å². The minimum atomic E-state index is -0.735. The van der Waals surface area contributed by atoms with Crippen molar-refractivity contribution in [1.82, 2.24) is 10.2 Å². The highest BCUT2D eigenvalue weighted by molar-refractivity contribution is 5.95. The summed E-state index contributed by atoms with van der Waals surface area (Å²) in [7, 11) is 3.02. The summed E-state index contributed by atoms with van der Waals surface area (Å²) in [6, 6.07) is 3.38. The molecule has 1 atom stereocenters. The van der Waals surface area contributed by atoms with Crippen LogP contribution in [0.5, 0.6) is 5.75 Å². The highest BCUT2D eigenvalue weighted by Crippen LogP contribution is 2.26. The number of nitrogens with zero attached hydrogens (tertiary/aromatic N) is 2. The summed E-state index contributed by atoms with van der Waals surface area (Å²) < 4.78 is 0. The van der Waals surface area contributed by atoms with Crippen molar-refractivity contribution in [3.63, 3.8) is 0 Å². The standard InChI is InChI=1S/C13H17N3O5/c1-8(12(18)14-2)7-15(3)13(19)9-4-5-10(16(20)21)11(17)6-9/h4-6,8,17H,7H2,1-3H3,(H,14,18). The second-order valence-electron chi connectivity index (χ2n) is 4.66. The van der Waals surface area contributed by atoms with Crippen LogP contribution in [0.2, 0.25) is 0 Å². The third-order valence-corrected chi connectivity index (χ3v) is 3.01. The van der Waals surface area contributed by atoms with Crippen molar-refractivity contribution >= 4 is 17.5 Å². The van der Waals surface area contributed by atoms with Gasteiger partial charge in [-0.05, 0) is 12.1 Å². The molecule has 0 bridgehead atoms. The SMILES string of the molecule is CNC(=O)C(C)CN(C)C(=O)c1ccc([N+](=O)[O-])c(O)c1. The molecule has 0 heterocycles. The number of amides is 2. The number of nitrogens with one attached hydrogen (secondary N) is 1. The molecule has 0 saturated carbocycles. The second-order valence-corrected chi connectivity index (χ2v) is 4.66. The molecular formula is C13H17N3O5. The summed E-state index contributed by atoms with van der Waals surface area (Å²) in [6.45, 7) is 1.87. The first-order valence-corrected chi connectivity index (χ1v) is 6.22. The average Bonchev–Trinajstić information content (AvgIpc) is 2.44. The number of carbonyl (C=O) groups is 2. The Morgan fingerprint density at radius 2 is 2.10 bits per heavy atom. The predicted molar refractivity (Wildman–Crippen MR) is 75.0 cm³/mol. The monoisotopic (exact) mass is 295 g/mol. The van der Waals surface area contributed by atoms with Gasteiger partial charge in [0.25, 0.3) is 5.91 Å². The Balaban J connectivity index is 2.86. The highest BCUT2D eigenvalue weighted by Gasteiger charge is 2.21. The topological polar surface area (TPSA) is 113 Å².